The summed E-state index contributed by atoms with van der Waals surface area (Å²) in [6.45, 7) is 1.77. The lowest BCUT2D eigenvalue weighted by atomic mass is 9.95. The number of nitrogens with one attached hydrogen (secondary N) is 1. The fraction of sp³-hybridized carbons (Fsp3) is 0.154. The number of anilines is 1. The lowest BCUT2D eigenvalue weighted by Gasteiger charge is -2.27. The summed E-state index contributed by atoms with van der Waals surface area (Å²) in [7, 11) is 0. The third-order valence-electron chi connectivity index (χ3n) is 3.32. The van der Waals surface area contributed by atoms with Gasteiger partial charge in [0.25, 0.3) is 0 Å². The van der Waals surface area contributed by atoms with Gasteiger partial charge in [-0.3, -0.25) is 4.79 Å². The lowest BCUT2D eigenvalue weighted by molar-refractivity contribution is -0.115. The molecule has 1 aromatic carbocycles. The van der Waals surface area contributed by atoms with E-state index in [1.165, 1.54) is 6.33 Å². The van der Waals surface area contributed by atoms with Gasteiger partial charge in [0.1, 0.15) is 12.4 Å². The molecule has 108 valence electrons. The SMILES string of the molecule is CC1=C(C(N)=O)[C@@H](c2ccc(Cl)c(Cl)c2)n2ncnc2N1. The van der Waals surface area contributed by atoms with E-state index in [9.17, 15) is 4.79 Å². The molecule has 1 aromatic heterocycles. The number of amides is 1. The zero-order valence-corrected chi connectivity index (χ0v) is 12.5. The Morgan fingerprint density at radius 2 is 2.14 bits per heavy atom. The fourth-order valence-corrected chi connectivity index (χ4v) is 2.71. The highest BCUT2D eigenvalue weighted by molar-refractivity contribution is 6.42. The van der Waals surface area contributed by atoms with E-state index in [-0.39, 0.29) is 0 Å². The number of halogens is 2. The van der Waals surface area contributed by atoms with Crippen molar-refractivity contribution in [3.05, 3.63) is 51.4 Å². The van der Waals surface area contributed by atoms with Gasteiger partial charge in [0, 0.05) is 5.70 Å². The van der Waals surface area contributed by atoms with Gasteiger partial charge in [-0.05, 0) is 24.6 Å². The number of rotatable bonds is 2. The van der Waals surface area contributed by atoms with E-state index in [1.807, 2.05) is 0 Å². The van der Waals surface area contributed by atoms with Crippen LogP contribution in [-0.2, 0) is 4.79 Å². The number of carbonyl (C=O) groups excluding carboxylic acids is 1. The van der Waals surface area contributed by atoms with Crippen LogP contribution in [0.1, 0.15) is 18.5 Å². The molecule has 3 rings (SSSR count). The Hall–Kier alpha value is -2.05. The zero-order valence-electron chi connectivity index (χ0n) is 11.0. The molecule has 0 saturated carbocycles. The normalized spacial score (nSPS) is 17.4. The lowest BCUT2D eigenvalue weighted by Crippen LogP contribution is -2.31. The molecule has 1 atom stereocenters. The molecule has 0 spiro atoms. The van der Waals surface area contributed by atoms with Crippen LogP contribution in [0.2, 0.25) is 10.0 Å². The topological polar surface area (TPSA) is 85.8 Å². The predicted octanol–water partition coefficient (Wildman–Crippen LogP) is 2.36. The van der Waals surface area contributed by atoms with Crippen LogP contribution in [0.3, 0.4) is 0 Å². The largest absolute Gasteiger partial charge is 0.366 e. The van der Waals surface area contributed by atoms with Crippen molar-refractivity contribution in [2.75, 3.05) is 5.32 Å². The van der Waals surface area contributed by atoms with Gasteiger partial charge in [-0.2, -0.15) is 10.1 Å². The molecule has 0 unspecified atom stereocenters. The van der Waals surface area contributed by atoms with Crippen LogP contribution < -0.4 is 11.1 Å². The quantitative estimate of drug-likeness (QED) is 0.888. The highest BCUT2D eigenvalue weighted by Crippen LogP contribution is 2.36. The molecular formula is C13H11Cl2N5O. The van der Waals surface area contributed by atoms with Crippen LogP contribution in [0.15, 0.2) is 35.8 Å². The summed E-state index contributed by atoms with van der Waals surface area (Å²) in [5.74, 6) is 0.00537. The van der Waals surface area contributed by atoms with Gasteiger partial charge in [0.05, 0.1) is 15.6 Å². The molecule has 0 fully saturated rings. The maximum atomic E-state index is 11.8. The number of primary amides is 1. The average Bonchev–Trinajstić information content (AvgIpc) is 2.87. The molecule has 1 amide bonds. The minimum atomic E-state index is -0.530. The van der Waals surface area contributed by atoms with E-state index in [1.54, 1.807) is 29.8 Å². The second-order valence-electron chi connectivity index (χ2n) is 4.63. The molecule has 1 aliphatic heterocycles. The van der Waals surface area contributed by atoms with E-state index in [0.29, 0.717) is 27.3 Å². The Kier molecular flexibility index (Phi) is 3.35. The number of hydrogen-bond donors (Lipinski definition) is 2. The smallest absolute Gasteiger partial charge is 0.248 e. The van der Waals surface area contributed by atoms with Crippen molar-refractivity contribution in [3.63, 3.8) is 0 Å². The van der Waals surface area contributed by atoms with Crippen molar-refractivity contribution in [2.24, 2.45) is 5.73 Å². The molecule has 0 saturated heterocycles. The van der Waals surface area contributed by atoms with Gasteiger partial charge < -0.3 is 11.1 Å². The van der Waals surface area contributed by atoms with Crippen LogP contribution in [0.25, 0.3) is 0 Å². The first-order chi connectivity index (χ1) is 9.99. The van der Waals surface area contributed by atoms with Crippen molar-refractivity contribution in [1.29, 1.82) is 0 Å². The summed E-state index contributed by atoms with van der Waals surface area (Å²) in [6.07, 6.45) is 1.41. The number of aromatic nitrogens is 3. The molecule has 8 heteroatoms. The van der Waals surface area contributed by atoms with Gasteiger partial charge in [-0.15, -0.1) is 0 Å². The van der Waals surface area contributed by atoms with Crippen molar-refractivity contribution in [3.8, 4) is 0 Å². The Labute approximate surface area is 130 Å². The first kappa shape index (κ1) is 13.9. The Bertz CT molecular complexity index is 768. The molecule has 3 N–H and O–H groups in total. The maximum Gasteiger partial charge on any atom is 0.248 e. The number of fused-ring (bicyclic) bond motifs is 1. The van der Waals surface area contributed by atoms with Crippen molar-refractivity contribution in [1.82, 2.24) is 14.8 Å². The molecule has 21 heavy (non-hydrogen) atoms. The summed E-state index contributed by atoms with van der Waals surface area (Å²) >= 11 is 12.0. The minimum Gasteiger partial charge on any atom is -0.366 e. The highest BCUT2D eigenvalue weighted by Gasteiger charge is 2.32. The number of allylic oxidation sites excluding steroid dienone is 1. The number of hydrogen-bond acceptors (Lipinski definition) is 4. The first-order valence-electron chi connectivity index (χ1n) is 6.11. The number of benzene rings is 1. The van der Waals surface area contributed by atoms with Crippen LogP contribution in [0.5, 0.6) is 0 Å². The van der Waals surface area contributed by atoms with Gasteiger partial charge in [0.15, 0.2) is 0 Å². The highest BCUT2D eigenvalue weighted by atomic mass is 35.5. The summed E-state index contributed by atoms with van der Waals surface area (Å²) in [4.78, 5) is 15.9. The van der Waals surface area contributed by atoms with Crippen LogP contribution in [0, 0.1) is 0 Å². The maximum absolute atomic E-state index is 11.8. The van der Waals surface area contributed by atoms with Gasteiger partial charge in [-0.1, -0.05) is 29.3 Å². The Balaban J connectivity index is 2.21. The molecule has 2 aromatic rings. The molecule has 6 nitrogen and oxygen atoms in total. The standard InChI is InChI=1S/C13H11Cl2N5O/c1-6-10(12(16)21)11(20-13(19-6)17-5-18-20)7-2-3-8(14)9(15)4-7/h2-5,11H,1H3,(H2,16,21)(H,17,18,19)/t11-/m1/s1. The predicted molar refractivity (Wildman–Crippen MR) is 80.1 cm³/mol. The second-order valence-corrected chi connectivity index (χ2v) is 5.45. The molecule has 0 radical (unpaired) electrons. The van der Waals surface area contributed by atoms with Crippen LogP contribution >= 0.6 is 23.2 Å². The Morgan fingerprint density at radius 1 is 1.38 bits per heavy atom. The fourth-order valence-electron chi connectivity index (χ4n) is 2.40. The summed E-state index contributed by atoms with van der Waals surface area (Å²) < 4.78 is 1.59. The van der Waals surface area contributed by atoms with E-state index >= 15 is 0 Å². The van der Waals surface area contributed by atoms with Gasteiger partial charge in [-0.25, -0.2) is 4.68 Å². The van der Waals surface area contributed by atoms with Gasteiger partial charge in [0.2, 0.25) is 11.9 Å². The molecular weight excluding hydrogens is 313 g/mol. The van der Waals surface area contributed by atoms with Crippen molar-refractivity contribution in [2.45, 2.75) is 13.0 Å². The second kappa shape index (κ2) is 5.05. The first-order valence-corrected chi connectivity index (χ1v) is 6.86. The van der Waals surface area contributed by atoms with Crippen molar-refractivity contribution < 1.29 is 4.79 Å². The molecule has 2 heterocycles. The minimum absolute atomic E-state index is 0.399. The average molecular weight is 324 g/mol. The van der Waals surface area contributed by atoms with E-state index in [0.717, 1.165) is 5.56 Å². The van der Waals surface area contributed by atoms with E-state index < -0.39 is 11.9 Å². The summed E-state index contributed by atoms with van der Waals surface area (Å²) in [5, 5.41) is 8.00. The number of nitrogens with two attached hydrogens (primary N) is 1. The monoisotopic (exact) mass is 323 g/mol. The zero-order chi connectivity index (χ0) is 15.1. The van der Waals surface area contributed by atoms with Crippen LogP contribution in [0.4, 0.5) is 5.95 Å². The molecule has 0 bridgehead atoms. The molecule has 0 aliphatic carbocycles. The molecule has 1 aliphatic rings. The summed E-state index contributed by atoms with van der Waals surface area (Å²) in [5.41, 5.74) is 7.32. The third kappa shape index (κ3) is 2.26. The van der Waals surface area contributed by atoms with Crippen molar-refractivity contribution >= 4 is 35.1 Å². The van der Waals surface area contributed by atoms with E-state index in [4.69, 9.17) is 28.9 Å². The number of nitrogens with zero attached hydrogens (tertiary/aromatic N) is 3. The summed E-state index contributed by atoms with van der Waals surface area (Å²) in [6, 6.07) is 4.66. The van der Waals surface area contributed by atoms with Gasteiger partial charge >= 0.3 is 0 Å². The van der Waals surface area contributed by atoms with E-state index in [2.05, 4.69) is 15.4 Å². The Morgan fingerprint density at radius 3 is 2.81 bits per heavy atom. The third-order valence-corrected chi connectivity index (χ3v) is 4.06. The van der Waals surface area contributed by atoms with Crippen LogP contribution in [-0.4, -0.2) is 20.7 Å². The number of carbonyl (C=O) groups is 1.